The molecule has 4 rings (SSSR count). The molecule has 0 aliphatic rings. The third kappa shape index (κ3) is 3.82. The summed E-state index contributed by atoms with van der Waals surface area (Å²) < 4.78 is 2.05. The largest absolute Gasteiger partial charge is 0.304 e. The second-order valence-corrected chi connectivity index (χ2v) is 7.57. The summed E-state index contributed by atoms with van der Waals surface area (Å²) in [7, 11) is 0. The Labute approximate surface area is 168 Å². The normalized spacial score (nSPS) is 11.1. The van der Waals surface area contributed by atoms with Crippen molar-refractivity contribution in [1.82, 2.24) is 14.4 Å². The molecule has 1 aromatic carbocycles. The molecule has 0 aliphatic carbocycles. The predicted molar refractivity (Wildman–Crippen MR) is 114 cm³/mol. The quantitative estimate of drug-likeness (QED) is 0.509. The van der Waals surface area contributed by atoms with E-state index in [2.05, 4.69) is 46.5 Å². The number of aryl methyl sites for hydroxylation is 3. The minimum absolute atomic E-state index is 0.0347. The Balaban J connectivity index is 1.40. The number of hydrogen-bond acceptors (Lipinski definition) is 4. The van der Waals surface area contributed by atoms with E-state index >= 15 is 0 Å². The van der Waals surface area contributed by atoms with Crippen LogP contribution in [0.2, 0.25) is 0 Å². The Kier molecular flexibility index (Phi) is 5.21. The fraction of sp³-hybridized carbons (Fsp3) is 0.227. The van der Waals surface area contributed by atoms with Gasteiger partial charge < -0.3 is 9.72 Å². The standard InChI is InChI=1S/C22H22N4OS/c1-3-16-7-9-17(10-8-16)18-14-28-22(24-18)25-21(27)12-11-19-15(2)23-20-6-4-5-13-26(19)20/h4-10,13-14H,3,11-12H2,1-2H3,(H,24,25,27). The lowest BCUT2D eigenvalue weighted by atomic mass is 10.1. The number of benzene rings is 1. The lowest BCUT2D eigenvalue weighted by Gasteiger charge is -2.04. The average Bonchev–Trinajstić information content (AvgIpc) is 3.30. The zero-order valence-electron chi connectivity index (χ0n) is 16.0. The molecule has 3 aromatic heterocycles. The number of carbonyl (C=O) groups excluding carboxylic acids is 1. The smallest absolute Gasteiger partial charge is 0.226 e. The minimum Gasteiger partial charge on any atom is -0.304 e. The maximum absolute atomic E-state index is 12.4. The third-order valence-corrected chi connectivity index (χ3v) is 5.58. The molecule has 0 spiro atoms. The number of nitrogens with zero attached hydrogens (tertiary/aromatic N) is 3. The number of rotatable bonds is 6. The number of anilines is 1. The highest BCUT2D eigenvalue weighted by molar-refractivity contribution is 7.14. The molecule has 1 amide bonds. The van der Waals surface area contributed by atoms with Crippen LogP contribution in [0, 0.1) is 6.92 Å². The first-order chi connectivity index (χ1) is 13.6. The number of hydrogen-bond donors (Lipinski definition) is 1. The first-order valence-corrected chi connectivity index (χ1v) is 10.3. The van der Waals surface area contributed by atoms with Gasteiger partial charge >= 0.3 is 0 Å². The molecule has 4 aromatic rings. The summed E-state index contributed by atoms with van der Waals surface area (Å²) in [6, 6.07) is 14.3. The van der Waals surface area contributed by atoms with Crippen molar-refractivity contribution in [3.8, 4) is 11.3 Å². The van der Waals surface area contributed by atoms with Crippen molar-refractivity contribution >= 4 is 28.0 Å². The lowest BCUT2D eigenvalue weighted by molar-refractivity contribution is -0.116. The molecule has 0 atom stereocenters. The topological polar surface area (TPSA) is 59.3 Å². The van der Waals surface area contributed by atoms with E-state index in [-0.39, 0.29) is 5.91 Å². The van der Waals surface area contributed by atoms with Gasteiger partial charge in [-0.25, -0.2) is 9.97 Å². The van der Waals surface area contributed by atoms with Gasteiger partial charge in [0.15, 0.2) is 5.13 Å². The van der Waals surface area contributed by atoms with Crippen molar-refractivity contribution in [3.63, 3.8) is 0 Å². The zero-order chi connectivity index (χ0) is 19.5. The summed E-state index contributed by atoms with van der Waals surface area (Å²) in [6.07, 6.45) is 4.04. The summed E-state index contributed by atoms with van der Waals surface area (Å²) in [5.74, 6) is -0.0347. The molecule has 1 N–H and O–H groups in total. The van der Waals surface area contributed by atoms with Crippen LogP contribution in [0.25, 0.3) is 16.9 Å². The number of thiazole rings is 1. The van der Waals surface area contributed by atoms with Crippen molar-refractivity contribution in [2.75, 3.05) is 5.32 Å². The van der Waals surface area contributed by atoms with Gasteiger partial charge in [-0.1, -0.05) is 37.3 Å². The summed E-state index contributed by atoms with van der Waals surface area (Å²) in [4.78, 5) is 21.5. The molecular formula is C22H22N4OS. The SMILES string of the molecule is CCc1ccc(-c2csc(NC(=O)CCc3c(C)nc4ccccn34)n2)cc1. The van der Waals surface area contributed by atoms with Crippen molar-refractivity contribution in [2.24, 2.45) is 0 Å². The lowest BCUT2D eigenvalue weighted by Crippen LogP contribution is -2.13. The molecule has 0 radical (unpaired) electrons. The maximum atomic E-state index is 12.4. The van der Waals surface area contributed by atoms with E-state index in [1.54, 1.807) is 0 Å². The van der Waals surface area contributed by atoms with Crippen molar-refractivity contribution in [2.45, 2.75) is 33.1 Å². The number of fused-ring (bicyclic) bond motifs is 1. The van der Waals surface area contributed by atoms with E-state index in [0.29, 0.717) is 18.0 Å². The van der Waals surface area contributed by atoms with Crippen LogP contribution in [0.4, 0.5) is 5.13 Å². The van der Waals surface area contributed by atoms with Crippen LogP contribution in [0.5, 0.6) is 0 Å². The molecular weight excluding hydrogens is 368 g/mol. The second-order valence-electron chi connectivity index (χ2n) is 6.71. The second kappa shape index (κ2) is 7.94. The molecule has 6 heteroatoms. The highest BCUT2D eigenvalue weighted by Crippen LogP contribution is 2.25. The van der Waals surface area contributed by atoms with E-state index in [1.165, 1.54) is 16.9 Å². The van der Waals surface area contributed by atoms with E-state index in [4.69, 9.17) is 0 Å². The van der Waals surface area contributed by atoms with E-state index < -0.39 is 0 Å². The molecule has 28 heavy (non-hydrogen) atoms. The summed E-state index contributed by atoms with van der Waals surface area (Å²) in [5, 5.41) is 5.53. The molecule has 0 saturated carbocycles. The van der Waals surface area contributed by atoms with Gasteiger partial charge in [-0.05, 0) is 37.5 Å². The Hall–Kier alpha value is -2.99. The van der Waals surface area contributed by atoms with E-state index in [0.717, 1.165) is 34.7 Å². The van der Waals surface area contributed by atoms with E-state index in [9.17, 15) is 4.79 Å². The van der Waals surface area contributed by atoms with Crippen LogP contribution in [0.15, 0.2) is 54.0 Å². The van der Waals surface area contributed by atoms with Gasteiger partial charge in [-0.2, -0.15) is 0 Å². The van der Waals surface area contributed by atoms with Crippen molar-refractivity contribution in [3.05, 3.63) is 71.0 Å². The van der Waals surface area contributed by atoms with Crippen molar-refractivity contribution < 1.29 is 4.79 Å². The average molecular weight is 391 g/mol. The molecule has 0 fully saturated rings. The number of pyridine rings is 1. The van der Waals surface area contributed by atoms with Gasteiger partial charge in [0.1, 0.15) is 5.65 Å². The molecule has 142 valence electrons. The van der Waals surface area contributed by atoms with E-state index in [1.807, 2.05) is 41.1 Å². The molecule has 3 heterocycles. The summed E-state index contributed by atoms with van der Waals surface area (Å²) in [6.45, 7) is 4.12. The van der Waals surface area contributed by atoms with Gasteiger partial charge in [0.25, 0.3) is 0 Å². The number of aromatic nitrogens is 3. The fourth-order valence-corrected chi connectivity index (χ4v) is 3.99. The Morgan fingerprint density at radius 3 is 2.75 bits per heavy atom. The number of carbonyl (C=O) groups is 1. The van der Waals surface area contributed by atoms with Gasteiger partial charge in [-0.3, -0.25) is 4.79 Å². The maximum Gasteiger partial charge on any atom is 0.226 e. The van der Waals surface area contributed by atoms with Gasteiger partial charge in [0.05, 0.1) is 11.4 Å². The number of nitrogens with one attached hydrogen (secondary N) is 1. The van der Waals surface area contributed by atoms with Gasteiger partial charge in [0, 0.05) is 29.3 Å². The van der Waals surface area contributed by atoms with Crippen LogP contribution in [-0.4, -0.2) is 20.3 Å². The Bertz CT molecular complexity index is 1110. The summed E-state index contributed by atoms with van der Waals surface area (Å²) in [5.41, 5.74) is 6.20. The van der Waals surface area contributed by atoms with Crippen LogP contribution in [0.1, 0.15) is 30.3 Å². The molecule has 0 aliphatic heterocycles. The minimum atomic E-state index is -0.0347. The molecule has 5 nitrogen and oxygen atoms in total. The van der Waals surface area contributed by atoms with Gasteiger partial charge in [-0.15, -0.1) is 11.3 Å². The van der Waals surface area contributed by atoms with Crippen LogP contribution >= 0.6 is 11.3 Å². The van der Waals surface area contributed by atoms with Crippen LogP contribution in [0.3, 0.4) is 0 Å². The van der Waals surface area contributed by atoms with Crippen LogP contribution < -0.4 is 5.32 Å². The van der Waals surface area contributed by atoms with Crippen LogP contribution in [-0.2, 0) is 17.6 Å². The molecule has 0 bridgehead atoms. The van der Waals surface area contributed by atoms with Crippen molar-refractivity contribution in [1.29, 1.82) is 0 Å². The highest BCUT2D eigenvalue weighted by atomic mass is 32.1. The number of imidazole rings is 1. The molecule has 0 saturated heterocycles. The first kappa shape index (κ1) is 18.4. The summed E-state index contributed by atoms with van der Waals surface area (Å²) >= 11 is 1.45. The third-order valence-electron chi connectivity index (χ3n) is 4.83. The fourth-order valence-electron chi connectivity index (χ4n) is 3.25. The van der Waals surface area contributed by atoms with Gasteiger partial charge in [0.2, 0.25) is 5.91 Å². The Morgan fingerprint density at radius 2 is 1.96 bits per heavy atom. The highest BCUT2D eigenvalue weighted by Gasteiger charge is 2.12. The first-order valence-electron chi connectivity index (χ1n) is 9.41. The zero-order valence-corrected chi connectivity index (χ0v) is 16.8. The monoisotopic (exact) mass is 390 g/mol. The predicted octanol–water partition coefficient (Wildman–Crippen LogP) is 4.90. The number of amides is 1. The Morgan fingerprint density at radius 1 is 1.14 bits per heavy atom. The molecule has 0 unspecified atom stereocenters.